The van der Waals surface area contributed by atoms with Gasteiger partial charge in [0, 0.05) is 85.0 Å². The molecular formula is C67H100Cl3N16O25P. The summed E-state index contributed by atoms with van der Waals surface area (Å²) in [4.78, 5) is 150. The van der Waals surface area contributed by atoms with E-state index in [-0.39, 0.29) is 131 Å². The fourth-order valence-corrected chi connectivity index (χ4v) is 9.62. The maximum absolute atomic E-state index is 11.6. The zero-order valence-electron chi connectivity index (χ0n) is 64.9. The van der Waals surface area contributed by atoms with Crippen LogP contribution in [0.4, 0.5) is 0 Å². The van der Waals surface area contributed by atoms with Gasteiger partial charge in [-0.15, -0.1) is 30.6 Å². The van der Waals surface area contributed by atoms with Crippen LogP contribution in [-0.2, 0) is 76.1 Å². The van der Waals surface area contributed by atoms with Gasteiger partial charge in [-0.05, 0) is 130 Å². The van der Waals surface area contributed by atoms with Crippen molar-refractivity contribution in [1.29, 1.82) is 0 Å². The smallest absolute Gasteiger partial charge is 0.356 e. The van der Waals surface area contributed by atoms with E-state index >= 15 is 0 Å². The largest absolute Gasteiger partial charge is 0.481 e. The molecule has 41 nitrogen and oxygen atoms in total. The van der Waals surface area contributed by atoms with Gasteiger partial charge in [-0.2, -0.15) is 0 Å². The van der Waals surface area contributed by atoms with Gasteiger partial charge in [-0.1, -0.05) is 13.8 Å². The van der Waals surface area contributed by atoms with Gasteiger partial charge in [0.15, 0.2) is 0 Å². The van der Waals surface area contributed by atoms with Crippen LogP contribution < -0.4 is 37.9 Å². The highest BCUT2D eigenvalue weighted by Crippen LogP contribution is 2.61. The highest BCUT2D eigenvalue weighted by Gasteiger charge is 2.35. The standard InChI is InChI=1S/C11H17N3O3.C11H18N2O4.C11H12N2O4.2C10H15N3O3.C8H7NO4.C2H6N2O.C2H4O2.C2H6.Cl3OP/c1-7-12-13-10(17-7)8-4-5-9(11(15)16-3)14(2)6-8;2*1-7(14)5-13-10(15)8-3-4-9(12-6-8)11(16)17-2;2*1-6-12-13-9(16-6)7-3-4-8(11-5-7)10(14)15-2;1-13-8(12)6-3-2-5(4-9-6)7(10)11;1-2(5)4-3;1-2(3)4;1-2;1-5(2,3)4/h8-9H,4-6H2,1-3H3;8-9,12H,3-6H2,1-2H3,(H,13,15);3-4,6H,5H2,1-2H3,(H,13,15);2*7-8,11H,3-5H2,1-2H3;2-4H,1H3,(H,10,11);3H2,1H3,(H,4,5);1H3,(H,3,4);1-2H3;/t2*8?,9-;;2*7?,8-;;;;;/m10.10...../s1. The van der Waals surface area contributed by atoms with Gasteiger partial charge in [0.05, 0.1) is 78.7 Å². The molecule has 45 heteroatoms. The number of nitrogens with two attached hydrogens (primary N) is 1. The molecule has 3 amide bonds. The van der Waals surface area contributed by atoms with Gasteiger partial charge in [-0.3, -0.25) is 62.8 Å². The maximum Gasteiger partial charge on any atom is 0.356 e. The van der Waals surface area contributed by atoms with Crippen molar-refractivity contribution in [2.45, 2.75) is 156 Å². The summed E-state index contributed by atoms with van der Waals surface area (Å²) < 4.78 is 53.3. The number of halogens is 3. The normalized spacial score (nSPS) is 18.4. The SMILES string of the molecule is CC.CC(=O)NN.CC(=O)O.COC(=O)[C@@H]1CCC(C(=O)NCC(C)=O)CN1.COC(=O)[C@@H]1CCC(c2nnc(C)o2)CN1.COC(=O)[C@H]1CCC(c2nnc(C)o2)CN1.COC(=O)[C@H]1CCC(c2nnc(C)o2)CN1C.COC(=O)c1ccc(C(=O)NCC(C)=O)cn1.COC(=O)c1ccc(C(=O)O)cn1.O=P(Cl)(Cl)Cl. The Hall–Kier alpha value is -9.87. The van der Waals surface area contributed by atoms with Gasteiger partial charge >= 0.3 is 47.0 Å². The molecule has 10 N–H and O–H groups in total. The number of piperidine rings is 4. The lowest BCUT2D eigenvalue weighted by molar-refractivity contribution is -0.148. The minimum absolute atomic E-state index is 0.0302. The van der Waals surface area contributed by atoms with Crippen LogP contribution in [0.15, 0.2) is 49.9 Å². The van der Waals surface area contributed by atoms with Crippen molar-refractivity contribution in [1.82, 2.24) is 77.5 Å². The monoisotopic (exact) mass is 1660 g/mol. The number of nitrogens with zero attached hydrogens (tertiary/aromatic N) is 9. The summed E-state index contributed by atoms with van der Waals surface area (Å²) in [6.07, 6.45) is 8.36. The molecule has 0 aliphatic carbocycles. The number of nitrogens with one attached hydrogen (secondary N) is 6. The van der Waals surface area contributed by atoms with Crippen LogP contribution >= 0.6 is 38.9 Å². The number of rotatable bonds is 16. The van der Waals surface area contributed by atoms with Crippen molar-refractivity contribution in [2.24, 2.45) is 11.8 Å². The molecule has 4 aliphatic rings. The Morgan fingerprint density at radius 1 is 0.527 bits per heavy atom. The highest BCUT2D eigenvalue weighted by atomic mass is 36.0. The molecule has 0 saturated carbocycles. The number of hydrazine groups is 1. The Bertz CT molecular complexity index is 3720. The lowest BCUT2D eigenvalue weighted by atomic mass is 9.93. The number of hydrogen-bond acceptors (Lipinski definition) is 36. The number of amides is 3. The molecule has 9 heterocycles. The topological polar surface area (TPSA) is 579 Å². The van der Waals surface area contributed by atoms with Crippen molar-refractivity contribution in [3.8, 4) is 0 Å². The molecule has 8 atom stereocenters. The molecular weight excluding hydrogens is 1570 g/mol. The number of carbonyl (C=O) groups excluding carboxylic acids is 11. The summed E-state index contributed by atoms with van der Waals surface area (Å²) in [7, 11) is 9.96. The number of aromatic carboxylic acids is 1. The van der Waals surface area contributed by atoms with Crippen molar-refractivity contribution in [3.63, 3.8) is 0 Å². The number of aromatic nitrogens is 8. The zero-order valence-corrected chi connectivity index (χ0v) is 68.1. The molecule has 4 saturated heterocycles. The van der Waals surface area contributed by atoms with E-state index in [9.17, 15) is 62.1 Å². The molecule has 4 aliphatic heterocycles. The van der Waals surface area contributed by atoms with Gasteiger partial charge in [-0.25, -0.2) is 30.2 Å². The number of carboxylic acid groups (broad SMARTS) is 2. The van der Waals surface area contributed by atoms with Crippen molar-refractivity contribution in [2.75, 3.05) is 89.0 Å². The lowest BCUT2D eigenvalue weighted by Gasteiger charge is -2.33. The third-order valence-corrected chi connectivity index (χ3v) is 15.1. The quantitative estimate of drug-likeness (QED) is 0.0165. The van der Waals surface area contributed by atoms with Crippen LogP contribution in [-0.4, -0.2) is 246 Å². The molecule has 0 bridgehead atoms. The first-order chi connectivity index (χ1) is 52.7. The van der Waals surface area contributed by atoms with E-state index in [2.05, 4.69) is 130 Å². The second kappa shape index (κ2) is 55.5. The van der Waals surface area contributed by atoms with Crippen molar-refractivity contribution in [3.05, 3.63) is 94.5 Å². The lowest BCUT2D eigenvalue weighted by Crippen LogP contribution is -2.49. The second-order valence-corrected chi connectivity index (χ2v) is 30.2. The minimum atomic E-state index is -3.22. The number of Topliss-reactive ketones (excluding diaryl/α,β-unsaturated/α-hetero) is 2. The number of esters is 6. The number of aryl methyl sites for hydroxylation is 3. The fraction of sp³-hybridized carbons (Fsp3) is 0.567. The van der Waals surface area contributed by atoms with Crippen molar-refractivity contribution >= 4 is 116 Å². The number of likely N-dealkylation sites (N-methyl/N-ethyl adjacent to an activating group) is 1. The Morgan fingerprint density at radius 2 is 0.875 bits per heavy atom. The number of aliphatic carboxylic acids is 1. The highest BCUT2D eigenvalue weighted by molar-refractivity contribution is 8.24. The molecule has 4 fully saturated rings. The predicted octanol–water partition coefficient (Wildman–Crippen LogP) is 4.41. The Labute approximate surface area is 660 Å². The fourth-order valence-electron chi connectivity index (χ4n) is 9.62. The summed E-state index contributed by atoms with van der Waals surface area (Å²) in [6.45, 7) is 17.1. The third kappa shape index (κ3) is 42.5. The summed E-state index contributed by atoms with van der Waals surface area (Å²) in [5, 5.41) is 50.3. The molecule has 5 aromatic rings. The van der Waals surface area contributed by atoms with Crippen LogP contribution in [0.3, 0.4) is 0 Å². The molecule has 5 aromatic heterocycles. The first-order valence-corrected chi connectivity index (χ1v) is 38.5. The molecule has 0 aromatic carbocycles. The second-order valence-electron chi connectivity index (χ2n) is 23.6. The van der Waals surface area contributed by atoms with E-state index in [0.29, 0.717) is 67.8 Å². The van der Waals surface area contributed by atoms with E-state index in [0.717, 1.165) is 58.2 Å². The predicted molar refractivity (Wildman–Crippen MR) is 398 cm³/mol. The number of methoxy groups -OCH3 is 6. The Kier molecular flexibility index (Phi) is 50.6. The molecule has 4 unspecified atom stereocenters. The minimum Gasteiger partial charge on any atom is -0.481 e. The van der Waals surface area contributed by atoms with Gasteiger partial charge in [0.1, 0.15) is 47.1 Å². The summed E-state index contributed by atoms with van der Waals surface area (Å²) >= 11 is 13.8. The first kappa shape index (κ1) is 102. The van der Waals surface area contributed by atoms with Crippen LogP contribution in [0.2, 0.25) is 0 Å². The van der Waals surface area contributed by atoms with Crippen LogP contribution in [0.5, 0.6) is 0 Å². The van der Waals surface area contributed by atoms with Crippen LogP contribution in [0, 0.1) is 26.7 Å². The third-order valence-electron chi connectivity index (χ3n) is 15.1. The van der Waals surface area contributed by atoms with E-state index in [1.54, 1.807) is 20.8 Å². The summed E-state index contributed by atoms with van der Waals surface area (Å²) in [5.41, 5.74) is 2.41. The van der Waals surface area contributed by atoms with E-state index < -0.39 is 35.0 Å². The average molecular weight is 1670 g/mol. The number of ether oxygens (including phenoxy) is 6. The number of likely N-dealkylation sites (tertiary alicyclic amines) is 1. The molecule has 0 spiro atoms. The number of ketones is 2. The number of hydrogen-bond donors (Lipinski definition) is 9. The molecule has 9 rings (SSSR count). The van der Waals surface area contributed by atoms with Crippen LogP contribution in [0.25, 0.3) is 0 Å². The maximum atomic E-state index is 11.6. The Morgan fingerprint density at radius 3 is 1.15 bits per heavy atom. The molecule has 112 heavy (non-hydrogen) atoms. The van der Waals surface area contributed by atoms with Gasteiger partial charge in [0.2, 0.25) is 47.2 Å². The van der Waals surface area contributed by atoms with Gasteiger partial charge in [0.25, 0.3) is 11.9 Å². The van der Waals surface area contributed by atoms with E-state index in [4.69, 9.17) is 33.0 Å². The first-order valence-electron chi connectivity index (χ1n) is 34.1. The molecule has 0 radical (unpaired) electrons. The number of carboxylic acids is 2. The van der Waals surface area contributed by atoms with Gasteiger partial charge < -0.3 is 78.5 Å². The summed E-state index contributed by atoms with van der Waals surface area (Å²) in [6, 6.07) is 4.53. The van der Waals surface area contributed by atoms with E-state index in [1.807, 2.05) is 31.2 Å². The average Bonchev–Trinajstić information content (AvgIpc) is 1.59. The Balaban J connectivity index is 0.00000127. The number of pyridine rings is 2. The summed E-state index contributed by atoms with van der Waals surface area (Å²) in [5.74, 6) is 3.73. The van der Waals surface area contributed by atoms with Crippen molar-refractivity contribution < 1.29 is 119 Å². The molecule has 624 valence electrons. The zero-order chi connectivity index (χ0) is 85.4. The number of carbonyl (C=O) groups is 13. The van der Waals surface area contributed by atoms with Crippen LogP contribution in [0.1, 0.15) is 188 Å². The van der Waals surface area contributed by atoms with E-state index in [1.165, 1.54) is 93.9 Å².